The molecule has 0 radical (unpaired) electrons. The number of carbonyl (C=O) groups is 3. The third-order valence-corrected chi connectivity index (χ3v) is 5.77. The van der Waals surface area contributed by atoms with Gasteiger partial charge in [0.25, 0.3) is 5.91 Å². The molecule has 1 saturated heterocycles. The maximum atomic E-state index is 12.9. The van der Waals surface area contributed by atoms with Crippen LogP contribution in [-0.4, -0.2) is 63.4 Å². The number of nitrogens with zero attached hydrogens (tertiary/aromatic N) is 2. The van der Waals surface area contributed by atoms with Crippen LogP contribution in [0.25, 0.3) is 0 Å². The lowest BCUT2D eigenvalue weighted by atomic mass is 9.89. The van der Waals surface area contributed by atoms with E-state index < -0.39 is 24.1 Å². The monoisotopic (exact) mass is 446 g/mol. The summed E-state index contributed by atoms with van der Waals surface area (Å²) in [7, 11) is 0. The zero-order valence-electron chi connectivity index (χ0n) is 19.0. The first kappa shape index (κ1) is 23.8. The summed E-state index contributed by atoms with van der Waals surface area (Å²) < 4.78 is 5.20. The Bertz CT molecular complexity index is 810. The highest BCUT2D eigenvalue weighted by molar-refractivity contribution is 5.88. The fourth-order valence-electron chi connectivity index (χ4n) is 4.51. The van der Waals surface area contributed by atoms with Crippen molar-refractivity contribution in [2.75, 3.05) is 6.54 Å². The largest absolute Gasteiger partial charge is 0.464 e. The smallest absolute Gasteiger partial charge is 0.426 e. The Balaban J connectivity index is 1.58. The molecule has 3 amide bonds. The fourth-order valence-corrected chi connectivity index (χ4v) is 4.51. The van der Waals surface area contributed by atoms with Crippen molar-refractivity contribution in [1.82, 2.24) is 20.7 Å². The SMILES string of the molecule is CC(C)(C)N[C@@H]1CCCC(N(C(=O)O)N2CCC(NC(=O)OCc3ccccc3)C2=O)C1. The number of benzene rings is 1. The minimum absolute atomic E-state index is 0.0702. The standard InChI is InChI=1S/C23H34N4O5/c1-23(2,3)25-17-10-7-11-18(14-17)27(22(30)31)26-13-12-19(20(26)28)24-21(29)32-15-16-8-5-4-6-9-16/h4-6,8-9,17-19,25H,7,10-15H2,1-3H3,(H,24,29)(H,30,31)/t17-,18?,19?/m1/s1. The van der Waals surface area contributed by atoms with Gasteiger partial charge < -0.3 is 20.5 Å². The van der Waals surface area contributed by atoms with E-state index in [2.05, 4.69) is 31.4 Å². The number of alkyl carbamates (subject to hydrolysis) is 1. The summed E-state index contributed by atoms with van der Waals surface area (Å²) in [4.78, 5) is 37.2. The van der Waals surface area contributed by atoms with E-state index in [1.54, 1.807) is 0 Å². The van der Waals surface area contributed by atoms with Crippen LogP contribution in [0.4, 0.5) is 9.59 Å². The van der Waals surface area contributed by atoms with Gasteiger partial charge in [-0.25, -0.2) is 19.6 Å². The number of hydrogen-bond donors (Lipinski definition) is 3. The van der Waals surface area contributed by atoms with E-state index >= 15 is 0 Å². The second-order valence-electron chi connectivity index (χ2n) is 9.55. The maximum Gasteiger partial charge on any atom is 0.426 e. The molecule has 1 aromatic carbocycles. The summed E-state index contributed by atoms with van der Waals surface area (Å²) in [6.45, 7) is 6.60. The number of hydrogen-bond acceptors (Lipinski definition) is 5. The molecule has 1 heterocycles. The van der Waals surface area contributed by atoms with Crippen molar-refractivity contribution in [3.8, 4) is 0 Å². The molecule has 0 spiro atoms. The molecule has 1 aliphatic carbocycles. The molecule has 2 fully saturated rings. The van der Waals surface area contributed by atoms with Crippen molar-refractivity contribution in [3.05, 3.63) is 35.9 Å². The Morgan fingerprint density at radius 3 is 2.56 bits per heavy atom. The highest BCUT2D eigenvalue weighted by atomic mass is 16.5. The molecule has 176 valence electrons. The van der Waals surface area contributed by atoms with Crippen molar-refractivity contribution in [2.24, 2.45) is 0 Å². The second kappa shape index (κ2) is 10.2. The molecule has 3 N–H and O–H groups in total. The van der Waals surface area contributed by atoms with E-state index in [9.17, 15) is 19.5 Å². The lowest BCUT2D eigenvalue weighted by molar-refractivity contribution is -0.146. The third-order valence-electron chi connectivity index (χ3n) is 5.77. The van der Waals surface area contributed by atoms with E-state index in [-0.39, 0.29) is 30.8 Å². The first-order valence-electron chi connectivity index (χ1n) is 11.2. The van der Waals surface area contributed by atoms with Crippen LogP contribution in [0.15, 0.2) is 30.3 Å². The Hall–Kier alpha value is -2.81. The Labute approximate surface area is 189 Å². The number of carboxylic acid groups (broad SMARTS) is 1. The average Bonchev–Trinajstić information content (AvgIpc) is 3.06. The molecule has 32 heavy (non-hydrogen) atoms. The van der Waals surface area contributed by atoms with Gasteiger partial charge >= 0.3 is 12.2 Å². The molecule has 0 bridgehead atoms. The van der Waals surface area contributed by atoms with Crippen LogP contribution in [0.1, 0.15) is 58.4 Å². The first-order valence-corrected chi connectivity index (χ1v) is 11.2. The molecule has 3 rings (SSSR count). The summed E-state index contributed by atoms with van der Waals surface area (Å²) in [5.41, 5.74) is 0.772. The molecule has 1 saturated carbocycles. The lowest BCUT2D eigenvalue weighted by Crippen LogP contribution is -2.57. The van der Waals surface area contributed by atoms with Crippen LogP contribution in [0.5, 0.6) is 0 Å². The van der Waals surface area contributed by atoms with E-state index in [0.29, 0.717) is 19.3 Å². The van der Waals surface area contributed by atoms with Gasteiger partial charge in [-0.05, 0) is 58.4 Å². The van der Waals surface area contributed by atoms with Gasteiger partial charge in [-0.2, -0.15) is 0 Å². The van der Waals surface area contributed by atoms with Gasteiger partial charge in [0.15, 0.2) is 0 Å². The van der Waals surface area contributed by atoms with Crippen LogP contribution in [0.2, 0.25) is 0 Å². The van der Waals surface area contributed by atoms with Gasteiger partial charge in [0, 0.05) is 18.1 Å². The Kier molecular flexibility index (Phi) is 7.60. The number of nitrogens with one attached hydrogen (secondary N) is 2. The zero-order valence-corrected chi connectivity index (χ0v) is 19.0. The van der Waals surface area contributed by atoms with E-state index in [1.165, 1.54) is 10.0 Å². The first-order chi connectivity index (χ1) is 15.1. The quantitative estimate of drug-likeness (QED) is 0.619. The summed E-state index contributed by atoms with van der Waals surface area (Å²) >= 11 is 0. The van der Waals surface area contributed by atoms with Gasteiger partial charge in [0.1, 0.15) is 12.6 Å². The molecule has 1 aliphatic heterocycles. The fraction of sp³-hybridized carbons (Fsp3) is 0.609. The minimum Gasteiger partial charge on any atom is -0.464 e. The lowest BCUT2D eigenvalue weighted by Gasteiger charge is -2.41. The Morgan fingerprint density at radius 1 is 1.19 bits per heavy atom. The van der Waals surface area contributed by atoms with Crippen LogP contribution in [0, 0.1) is 0 Å². The minimum atomic E-state index is -1.15. The molecule has 2 aliphatic rings. The number of carbonyl (C=O) groups excluding carboxylic acids is 2. The number of amides is 3. The van der Waals surface area contributed by atoms with Crippen molar-refractivity contribution < 1.29 is 24.2 Å². The number of rotatable bonds is 6. The van der Waals surface area contributed by atoms with E-state index in [0.717, 1.165) is 18.4 Å². The molecule has 9 nitrogen and oxygen atoms in total. The van der Waals surface area contributed by atoms with Crippen LogP contribution >= 0.6 is 0 Å². The molecule has 1 aromatic rings. The number of hydrazine groups is 1. The molecule has 3 atom stereocenters. The van der Waals surface area contributed by atoms with Gasteiger partial charge in [0.05, 0.1) is 6.04 Å². The highest BCUT2D eigenvalue weighted by Crippen LogP contribution is 2.28. The van der Waals surface area contributed by atoms with E-state index in [4.69, 9.17) is 4.74 Å². The third kappa shape index (κ3) is 6.35. The highest BCUT2D eigenvalue weighted by Gasteiger charge is 2.42. The van der Waals surface area contributed by atoms with Crippen molar-refractivity contribution in [1.29, 1.82) is 0 Å². The molecular weight excluding hydrogens is 412 g/mol. The summed E-state index contributed by atoms with van der Waals surface area (Å²) in [6, 6.07) is 8.36. The van der Waals surface area contributed by atoms with Crippen LogP contribution in [0.3, 0.4) is 0 Å². The van der Waals surface area contributed by atoms with Crippen LogP contribution in [-0.2, 0) is 16.1 Å². The summed E-state index contributed by atoms with van der Waals surface area (Å²) in [5.74, 6) is -0.421. The van der Waals surface area contributed by atoms with Crippen molar-refractivity contribution >= 4 is 18.1 Å². The average molecular weight is 447 g/mol. The molecule has 9 heteroatoms. The molecule has 2 unspecified atom stereocenters. The van der Waals surface area contributed by atoms with Crippen LogP contribution < -0.4 is 10.6 Å². The van der Waals surface area contributed by atoms with E-state index in [1.807, 2.05) is 30.3 Å². The van der Waals surface area contributed by atoms with Crippen molar-refractivity contribution in [2.45, 2.75) is 83.1 Å². The predicted octanol–water partition coefficient (Wildman–Crippen LogP) is 3.11. The molecule has 0 aromatic heterocycles. The van der Waals surface area contributed by atoms with Gasteiger partial charge in [-0.1, -0.05) is 30.3 Å². The topological polar surface area (TPSA) is 111 Å². The molecular formula is C23H34N4O5. The Morgan fingerprint density at radius 2 is 1.91 bits per heavy atom. The van der Waals surface area contributed by atoms with Gasteiger partial charge in [0.2, 0.25) is 0 Å². The van der Waals surface area contributed by atoms with Crippen molar-refractivity contribution in [3.63, 3.8) is 0 Å². The summed E-state index contributed by atoms with van der Waals surface area (Å²) in [5, 5.41) is 18.5. The van der Waals surface area contributed by atoms with Gasteiger partial charge in [-0.3, -0.25) is 4.79 Å². The normalized spacial score (nSPS) is 23.7. The van der Waals surface area contributed by atoms with Gasteiger partial charge in [-0.15, -0.1) is 0 Å². The predicted molar refractivity (Wildman–Crippen MR) is 119 cm³/mol. The summed E-state index contributed by atoms with van der Waals surface area (Å²) in [6.07, 6.45) is 1.71. The zero-order chi connectivity index (χ0) is 23.3. The second-order valence-corrected chi connectivity index (χ2v) is 9.55. The maximum absolute atomic E-state index is 12.9. The number of ether oxygens (including phenoxy) is 1.